The lowest BCUT2D eigenvalue weighted by atomic mass is 9.94. The summed E-state index contributed by atoms with van der Waals surface area (Å²) in [5.74, 6) is -0.468. The van der Waals surface area contributed by atoms with E-state index in [0.717, 1.165) is 18.9 Å². The van der Waals surface area contributed by atoms with E-state index in [1.165, 1.54) is 47.3 Å². The molecule has 3 amide bonds. The molecule has 63 heavy (non-hydrogen) atoms. The first-order valence-corrected chi connectivity index (χ1v) is 19.2. The number of esters is 2. The molecule has 9 rings (SSSR count). The summed E-state index contributed by atoms with van der Waals surface area (Å²) in [4.78, 5) is 95.2. The van der Waals surface area contributed by atoms with Gasteiger partial charge in [0.15, 0.2) is 6.10 Å². The summed E-state index contributed by atoms with van der Waals surface area (Å²) in [7, 11) is 0. The van der Waals surface area contributed by atoms with Crippen LogP contribution in [0.2, 0.25) is 0 Å². The highest BCUT2D eigenvalue weighted by atomic mass is 16.6. The zero-order valence-electron chi connectivity index (χ0n) is 33.4. The van der Waals surface area contributed by atoms with E-state index in [2.05, 4.69) is 0 Å². The van der Waals surface area contributed by atoms with E-state index >= 15 is 0 Å². The third-order valence-electron chi connectivity index (χ3n) is 10.2. The molecule has 3 aromatic heterocycles. The average Bonchev–Trinajstić information content (AvgIpc) is 4.14. The van der Waals surface area contributed by atoms with E-state index in [0.29, 0.717) is 51.0 Å². The molecule has 0 saturated carbocycles. The van der Waals surface area contributed by atoms with Crippen molar-refractivity contribution in [3.8, 4) is 0 Å². The van der Waals surface area contributed by atoms with Crippen molar-refractivity contribution in [2.45, 2.75) is 50.3 Å². The molecule has 0 aliphatic carbocycles. The van der Waals surface area contributed by atoms with Crippen molar-refractivity contribution in [2.24, 2.45) is 0 Å². The van der Waals surface area contributed by atoms with E-state index in [9.17, 15) is 43.5 Å². The third-order valence-corrected chi connectivity index (χ3v) is 10.2. The predicted molar refractivity (Wildman–Crippen MR) is 219 cm³/mol. The second kappa shape index (κ2) is 18.6. The summed E-state index contributed by atoms with van der Waals surface area (Å²) < 4.78 is 26.1. The minimum atomic E-state index is -1.09. The molecule has 17 heteroatoms. The van der Waals surface area contributed by atoms with Crippen LogP contribution in [-0.2, 0) is 33.4 Å². The minimum Gasteiger partial charge on any atom is -0.467 e. The van der Waals surface area contributed by atoms with Crippen LogP contribution >= 0.6 is 0 Å². The van der Waals surface area contributed by atoms with Gasteiger partial charge in [-0.05, 0) is 109 Å². The Labute approximate surface area is 358 Å². The summed E-state index contributed by atoms with van der Waals surface area (Å²) >= 11 is 0. The highest BCUT2D eigenvalue weighted by molar-refractivity contribution is 6.07. The van der Waals surface area contributed by atoms with Crippen LogP contribution in [0.4, 0.5) is 17.1 Å². The number of ether oxygens (including phenoxy) is 2. The average molecular weight is 856 g/mol. The highest BCUT2D eigenvalue weighted by Crippen LogP contribution is 2.43. The van der Waals surface area contributed by atoms with Gasteiger partial charge in [-0.2, -0.15) is 0 Å². The van der Waals surface area contributed by atoms with E-state index < -0.39 is 48.4 Å². The Morgan fingerprint density at radius 1 is 0.492 bits per heavy atom. The van der Waals surface area contributed by atoms with Crippen molar-refractivity contribution < 1.29 is 66.2 Å². The van der Waals surface area contributed by atoms with Gasteiger partial charge in [0.05, 0.1) is 18.8 Å². The molecule has 320 valence electrons. The number of aldehydes is 3. The lowest BCUT2D eigenvalue weighted by Crippen LogP contribution is -2.60. The molecule has 3 saturated heterocycles. The van der Waals surface area contributed by atoms with Gasteiger partial charge in [-0.3, -0.25) is 53.1 Å². The number of furan rings is 3. The van der Waals surface area contributed by atoms with Crippen LogP contribution in [0.3, 0.4) is 0 Å². The number of aliphatic hydroxyl groups excluding tert-OH is 1. The quantitative estimate of drug-likeness (QED) is 0.0929. The first-order valence-electron chi connectivity index (χ1n) is 19.2. The van der Waals surface area contributed by atoms with Crippen molar-refractivity contribution in [3.05, 3.63) is 162 Å². The molecule has 17 nitrogen and oxygen atoms in total. The maximum absolute atomic E-state index is 12.3. The Balaban J connectivity index is 0.000000142. The van der Waals surface area contributed by atoms with E-state index in [-0.39, 0.29) is 17.7 Å². The van der Waals surface area contributed by atoms with Crippen LogP contribution in [0.25, 0.3) is 0 Å². The van der Waals surface area contributed by atoms with Crippen LogP contribution in [0.5, 0.6) is 0 Å². The summed E-state index contributed by atoms with van der Waals surface area (Å²) in [6, 6.07) is 28.5. The molecule has 0 spiro atoms. The molecular weight excluding hydrogens is 819 g/mol. The lowest BCUT2D eigenvalue weighted by Gasteiger charge is -2.44. The van der Waals surface area contributed by atoms with Crippen molar-refractivity contribution >= 4 is 65.6 Å². The number of hydrogen-bond donors (Lipinski definition) is 1. The van der Waals surface area contributed by atoms with Gasteiger partial charge in [-0.25, -0.2) is 0 Å². The van der Waals surface area contributed by atoms with Crippen LogP contribution in [-0.4, -0.2) is 71.9 Å². The normalized spacial score (nSPS) is 20.9. The summed E-state index contributed by atoms with van der Waals surface area (Å²) in [5, 5.41) is 9.77. The largest absolute Gasteiger partial charge is 0.467 e. The first kappa shape index (κ1) is 42.9. The predicted octanol–water partition coefficient (Wildman–Crippen LogP) is 5.76. The molecule has 6 atom stereocenters. The van der Waals surface area contributed by atoms with Crippen LogP contribution in [0.15, 0.2) is 141 Å². The molecule has 3 aliphatic heterocycles. The maximum atomic E-state index is 12.3. The number of aliphatic hydroxyl groups is 1. The van der Waals surface area contributed by atoms with E-state index in [4.69, 9.17) is 22.7 Å². The number of anilines is 3. The van der Waals surface area contributed by atoms with Gasteiger partial charge in [-0.15, -0.1) is 0 Å². The number of carbonyl (C=O) groups is 8. The third kappa shape index (κ3) is 8.71. The van der Waals surface area contributed by atoms with E-state index in [1.807, 2.05) is 0 Å². The molecule has 1 N–H and O–H groups in total. The Hall–Kier alpha value is -8.18. The van der Waals surface area contributed by atoms with Crippen molar-refractivity contribution in [1.82, 2.24) is 0 Å². The van der Waals surface area contributed by atoms with Gasteiger partial charge in [0, 0.05) is 47.6 Å². The monoisotopic (exact) mass is 855 g/mol. The molecule has 6 heterocycles. The standard InChI is InChI=1S/2C16H13NO5.C14H11NO4/c2*1-10(19)22-15-14(13-3-2-8-21-13)17(16(15)20)12-6-4-11(9-18)5-7-12;16-8-9-3-5-10(6-4-9)15-12(13(17)14(15)18)11-2-1-7-19-11/h2*2-9,14-15H,1H3;1-8,12-13,17H/t2*14-,15+;12-,13+/m001/s1. The molecule has 0 bridgehead atoms. The van der Waals surface area contributed by atoms with Gasteiger partial charge >= 0.3 is 11.9 Å². The number of amides is 3. The second-order valence-corrected chi connectivity index (χ2v) is 14.1. The first-order chi connectivity index (χ1) is 30.4. The Morgan fingerprint density at radius 3 is 1.06 bits per heavy atom. The maximum Gasteiger partial charge on any atom is 0.303 e. The number of β-lactam (4-membered cyclic amide) rings is 3. The fraction of sp³-hybridized carbons (Fsp3) is 0.174. The Bertz CT molecular complexity index is 2460. The summed E-state index contributed by atoms with van der Waals surface area (Å²) in [6.07, 6.45) is 3.81. The van der Waals surface area contributed by atoms with Crippen LogP contribution in [0.1, 0.15) is 80.3 Å². The van der Waals surface area contributed by atoms with Gasteiger partial charge in [0.25, 0.3) is 17.7 Å². The SMILES string of the molecule is CC(=O)O[C@H]1C(=O)N(c2ccc(C=O)cc2)[C@H]1c1ccco1.CC(=O)O[C@H]1C(=O)N(c2ccc(C=O)cc2)[C@H]1c1ccco1.O=Cc1ccc(N2C(=O)[C@@H](O)[C@H]2c2ccco2)cc1. The van der Waals surface area contributed by atoms with Gasteiger partial charge in [-0.1, -0.05) is 0 Å². The Morgan fingerprint density at radius 2 is 0.794 bits per heavy atom. The molecule has 0 radical (unpaired) electrons. The van der Waals surface area contributed by atoms with Gasteiger partial charge in [0.1, 0.15) is 54.3 Å². The fourth-order valence-corrected chi connectivity index (χ4v) is 7.20. The molecule has 3 aliphatic rings. The van der Waals surface area contributed by atoms with Crippen molar-refractivity contribution in [3.63, 3.8) is 0 Å². The number of nitrogens with zero attached hydrogens (tertiary/aromatic N) is 3. The van der Waals surface area contributed by atoms with Crippen molar-refractivity contribution in [1.29, 1.82) is 0 Å². The molecular formula is C46H37N3O14. The topological polar surface area (TPSA) is 224 Å². The summed E-state index contributed by atoms with van der Waals surface area (Å²) in [5.41, 5.74) is 3.42. The highest BCUT2D eigenvalue weighted by Gasteiger charge is 2.54. The second-order valence-electron chi connectivity index (χ2n) is 14.1. The number of benzene rings is 3. The van der Waals surface area contributed by atoms with Gasteiger partial charge < -0.3 is 27.8 Å². The molecule has 3 fully saturated rings. The molecule has 6 aromatic rings. The summed E-state index contributed by atoms with van der Waals surface area (Å²) in [6.45, 7) is 2.52. The Kier molecular flexibility index (Phi) is 12.7. The zero-order valence-corrected chi connectivity index (χ0v) is 33.4. The number of hydrogen-bond acceptors (Lipinski definition) is 14. The zero-order chi connectivity index (χ0) is 44.8. The van der Waals surface area contributed by atoms with E-state index in [1.54, 1.807) is 109 Å². The van der Waals surface area contributed by atoms with Crippen LogP contribution in [0, 0.1) is 0 Å². The number of carbonyl (C=O) groups excluding carboxylic acids is 8. The van der Waals surface area contributed by atoms with Gasteiger partial charge in [0.2, 0.25) is 12.2 Å². The smallest absolute Gasteiger partial charge is 0.303 e. The minimum absolute atomic E-state index is 0.324. The molecule has 0 unspecified atom stereocenters. The number of rotatable bonds is 11. The fourth-order valence-electron chi connectivity index (χ4n) is 7.20. The molecule has 3 aromatic carbocycles. The van der Waals surface area contributed by atoms with Crippen molar-refractivity contribution in [2.75, 3.05) is 14.7 Å². The van der Waals surface area contributed by atoms with Crippen LogP contribution < -0.4 is 14.7 Å². The lowest BCUT2D eigenvalue weighted by molar-refractivity contribution is -0.161.